The van der Waals surface area contributed by atoms with Crippen molar-refractivity contribution in [3.05, 3.63) is 11.6 Å². The van der Waals surface area contributed by atoms with Crippen molar-refractivity contribution in [2.75, 3.05) is 0 Å². The Morgan fingerprint density at radius 2 is 1.92 bits per heavy atom. The van der Waals surface area contributed by atoms with Gasteiger partial charge in [0.05, 0.1) is 12.2 Å². The van der Waals surface area contributed by atoms with Gasteiger partial charge in [-0.2, -0.15) is 0 Å². The summed E-state index contributed by atoms with van der Waals surface area (Å²) in [4.78, 5) is 0. The predicted molar refractivity (Wildman–Crippen MR) is 103 cm³/mol. The number of hydrogen-bond acceptors (Lipinski definition) is 3. The van der Waals surface area contributed by atoms with Gasteiger partial charge < -0.3 is 14.3 Å². The lowest BCUT2D eigenvalue weighted by Gasteiger charge is -2.48. The van der Waals surface area contributed by atoms with E-state index >= 15 is 0 Å². The lowest BCUT2D eigenvalue weighted by atomic mass is 9.67. The van der Waals surface area contributed by atoms with Crippen molar-refractivity contribution in [3.8, 4) is 0 Å². The maximum atomic E-state index is 11.1. The van der Waals surface area contributed by atoms with Crippen LogP contribution in [0.3, 0.4) is 0 Å². The van der Waals surface area contributed by atoms with Gasteiger partial charge in [0.15, 0.2) is 8.32 Å². The topological polar surface area (TPSA) is 42.0 Å². The van der Waals surface area contributed by atoms with E-state index in [1.165, 1.54) is 25.7 Å². The largest absolute Gasteiger partial charge is 0.413 e. The number of rotatable bonds is 2. The van der Waals surface area contributed by atoms with Crippen LogP contribution in [0.2, 0.25) is 18.1 Å². The summed E-state index contributed by atoms with van der Waals surface area (Å²) in [6, 6.07) is 0. The molecular weight excluding hydrogens is 328 g/mol. The van der Waals surface area contributed by atoms with Gasteiger partial charge in [0.25, 0.3) is 0 Å². The Morgan fingerprint density at radius 1 is 1.20 bits per heavy atom. The molecule has 0 aromatic carbocycles. The molecular formula is C21H36O3Si. The molecule has 0 aromatic rings. The van der Waals surface area contributed by atoms with Crippen molar-refractivity contribution in [1.82, 2.24) is 0 Å². The number of aliphatic hydroxyl groups excluding tert-OH is 1. The second-order valence-electron chi connectivity index (χ2n) is 10.6. The Kier molecular flexibility index (Phi) is 3.96. The van der Waals surface area contributed by atoms with Crippen LogP contribution in [0.4, 0.5) is 0 Å². The van der Waals surface area contributed by atoms with E-state index in [0.29, 0.717) is 5.92 Å². The first-order valence-electron chi connectivity index (χ1n) is 10.3. The molecule has 4 aliphatic rings. The molecule has 1 aliphatic heterocycles. The van der Waals surface area contributed by atoms with E-state index in [4.69, 9.17) is 9.16 Å². The van der Waals surface area contributed by atoms with E-state index in [1.807, 2.05) is 0 Å². The minimum absolute atomic E-state index is 0.117. The normalized spacial score (nSPS) is 46.6. The summed E-state index contributed by atoms with van der Waals surface area (Å²) in [6.07, 6.45) is 9.53. The van der Waals surface area contributed by atoms with Crippen molar-refractivity contribution in [2.45, 2.75) is 108 Å². The average Bonchev–Trinajstić information content (AvgIpc) is 3.23. The number of fused-ring (bicyclic) bond motifs is 1. The summed E-state index contributed by atoms with van der Waals surface area (Å²) in [5, 5.41) is 11.3. The fraction of sp³-hybridized carbons (Fsp3) is 0.905. The summed E-state index contributed by atoms with van der Waals surface area (Å²) in [6.45, 7) is 13.8. The molecule has 4 rings (SSSR count). The minimum Gasteiger partial charge on any atom is -0.413 e. The fourth-order valence-electron chi connectivity index (χ4n) is 5.78. The standard InChI is InChI=1S/C21H36O3Si/c1-14-13-20-12-8-7-9-15(10-11-16-21(20,23-16)17(14)22)18(20)24-25(5,6)19(2,3)4/h13,15-18,22H,7-12H2,1-6H3/t15-,16+,17-,18+,20+,21-/m0/s1. The van der Waals surface area contributed by atoms with E-state index < -0.39 is 14.4 Å². The Hall–Kier alpha value is -0.163. The predicted octanol–water partition coefficient (Wildman–Crippen LogP) is 4.81. The zero-order chi connectivity index (χ0) is 18.3. The molecule has 0 amide bonds. The van der Waals surface area contributed by atoms with Gasteiger partial charge in [-0.1, -0.05) is 39.7 Å². The SMILES string of the molecule is CC1=C[C@@]23CCCC[C@@H](CC[C@H]4O[C@]42[C@H]1O)[C@H]3O[Si](C)(C)C(C)(C)C. The summed E-state index contributed by atoms with van der Waals surface area (Å²) < 4.78 is 13.5. The van der Waals surface area contributed by atoms with Gasteiger partial charge in [-0.25, -0.2) is 0 Å². The number of aliphatic hydroxyl groups is 1. The molecule has 3 aliphatic carbocycles. The van der Waals surface area contributed by atoms with Crippen LogP contribution in [0.1, 0.15) is 66.2 Å². The monoisotopic (exact) mass is 364 g/mol. The minimum atomic E-state index is -1.89. The van der Waals surface area contributed by atoms with Crippen molar-refractivity contribution in [3.63, 3.8) is 0 Å². The van der Waals surface area contributed by atoms with Crippen LogP contribution in [0, 0.1) is 11.3 Å². The second kappa shape index (κ2) is 5.43. The zero-order valence-electron chi connectivity index (χ0n) is 16.9. The highest BCUT2D eigenvalue weighted by molar-refractivity contribution is 6.74. The molecule has 1 N–H and O–H groups in total. The zero-order valence-corrected chi connectivity index (χ0v) is 17.9. The Morgan fingerprint density at radius 3 is 2.60 bits per heavy atom. The Labute approximate surface area is 154 Å². The van der Waals surface area contributed by atoms with Gasteiger partial charge in [0, 0.05) is 5.41 Å². The lowest BCUT2D eigenvalue weighted by molar-refractivity contribution is -0.0505. The van der Waals surface area contributed by atoms with Crippen LogP contribution in [0.15, 0.2) is 11.6 Å². The molecule has 0 unspecified atom stereocenters. The van der Waals surface area contributed by atoms with E-state index in [9.17, 15) is 5.11 Å². The van der Waals surface area contributed by atoms with Gasteiger partial charge in [0.2, 0.25) is 0 Å². The number of hydrogen-bond donors (Lipinski definition) is 1. The molecule has 3 fully saturated rings. The Balaban J connectivity index is 1.80. The molecule has 25 heavy (non-hydrogen) atoms. The first-order valence-corrected chi connectivity index (χ1v) is 13.2. The summed E-state index contributed by atoms with van der Waals surface area (Å²) in [7, 11) is -1.89. The van der Waals surface area contributed by atoms with Gasteiger partial charge in [-0.05, 0) is 62.2 Å². The van der Waals surface area contributed by atoms with E-state index in [2.05, 4.69) is 46.9 Å². The second-order valence-corrected chi connectivity index (χ2v) is 15.4. The van der Waals surface area contributed by atoms with Crippen LogP contribution in [-0.2, 0) is 9.16 Å². The quantitative estimate of drug-likeness (QED) is 0.434. The van der Waals surface area contributed by atoms with Crippen LogP contribution < -0.4 is 0 Å². The average molecular weight is 365 g/mol. The van der Waals surface area contributed by atoms with Crippen molar-refractivity contribution in [1.29, 1.82) is 0 Å². The van der Waals surface area contributed by atoms with Gasteiger partial charge >= 0.3 is 0 Å². The Bertz CT molecular complexity index is 592. The highest BCUT2D eigenvalue weighted by atomic mass is 28.4. The van der Waals surface area contributed by atoms with Crippen molar-refractivity contribution in [2.24, 2.45) is 11.3 Å². The molecule has 6 atom stereocenters. The maximum absolute atomic E-state index is 11.1. The highest BCUT2D eigenvalue weighted by Gasteiger charge is 2.78. The van der Waals surface area contributed by atoms with Crippen molar-refractivity contribution >= 4 is 8.32 Å². The lowest BCUT2D eigenvalue weighted by Crippen LogP contribution is -2.56. The molecule has 3 nitrogen and oxygen atoms in total. The molecule has 1 saturated heterocycles. The molecule has 142 valence electrons. The summed E-state index contributed by atoms with van der Waals surface area (Å²) in [5.74, 6) is 0.610. The maximum Gasteiger partial charge on any atom is 0.192 e. The molecule has 4 heteroatoms. The fourth-order valence-corrected chi connectivity index (χ4v) is 7.17. The van der Waals surface area contributed by atoms with Crippen LogP contribution >= 0.6 is 0 Å². The molecule has 1 heterocycles. The molecule has 0 radical (unpaired) electrons. The third-order valence-electron chi connectivity index (χ3n) is 8.19. The summed E-state index contributed by atoms with van der Waals surface area (Å²) in [5.41, 5.74) is 0.603. The number of ether oxygens (including phenoxy) is 1. The third kappa shape index (κ3) is 2.33. The first-order chi connectivity index (χ1) is 11.6. The molecule has 2 bridgehead atoms. The van der Waals surface area contributed by atoms with Gasteiger partial charge in [-0.15, -0.1) is 0 Å². The smallest absolute Gasteiger partial charge is 0.192 e. The van der Waals surface area contributed by atoms with Crippen LogP contribution in [0.5, 0.6) is 0 Å². The van der Waals surface area contributed by atoms with E-state index in [-0.39, 0.29) is 28.3 Å². The van der Waals surface area contributed by atoms with Crippen LogP contribution in [0.25, 0.3) is 0 Å². The number of epoxide rings is 1. The van der Waals surface area contributed by atoms with Gasteiger partial charge in [-0.3, -0.25) is 0 Å². The molecule has 2 saturated carbocycles. The molecule has 2 spiro atoms. The van der Waals surface area contributed by atoms with Crippen LogP contribution in [-0.4, -0.2) is 37.3 Å². The first kappa shape index (κ1) is 18.2. The third-order valence-corrected chi connectivity index (χ3v) is 12.6. The van der Waals surface area contributed by atoms with Gasteiger partial charge in [0.1, 0.15) is 11.7 Å². The molecule has 0 aromatic heterocycles. The highest BCUT2D eigenvalue weighted by Crippen LogP contribution is 2.68. The van der Waals surface area contributed by atoms with Crippen molar-refractivity contribution < 1.29 is 14.3 Å². The van der Waals surface area contributed by atoms with E-state index in [1.54, 1.807) is 0 Å². The summed E-state index contributed by atoms with van der Waals surface area (Å²) >= 11 is 0. The van der Waals surface area contributed by atoms with E-state index in [0.717, 1.165) is 18.4 Å².